The molecule has 0 fully saturated rings. The molecular weight excluding hydrogens is 382 g/mol. The van der Waals surface area contributed by atoms with Gasteiger partial charge in [0.05, 0.1) is 17.8 Å². The lowest BCUT2D eigenvalue weighted by molar-refractivity contribution is 0.0598. The molecule has 0 saturated carbocycles. The highest BCUT2D eigenvalue weighted by Gasteiger charge is 2.27. The number of carbonyl (C=O) groups excluding carboxylic acids is 1. The van der Waals surface area contributed by atoms with Crippen molar-refractivity contribution in [3.8, 4) is 5.75 Å². The summed E-state index contributed by atoms with van der Waals surface area (Å²) in [5.74, 6) is -0.427. The Bertz CT molecular complexity index is 1130. The van der Waals surface area contributed by atoms with Crippen LogP contribution >= 0.6 is 11.6 Å². The van der Waals surface area contributed by atoms with Crippen LogP contribution in [0.1, 0.15) is 21.7 Å². The molecule has 1 aliphatic rings. The Balaban J connectivity index is 1.79. The summed E-state index contributed by atoms with van der Waals surface area (Å²) in [5, 5.41) is 13.9. The zero-order valence-corrected chi connectivity index (χ0v) is 15.4. The monoisotopic (exact) mass is 395 g/mol. The first kappa shape index (κ1) is 17.8. The molecule has 8 heteroatoms. The Morgan fingerprint density at radius 1 is 1.29 bits per heavy atom. The van der Waals surface area contributed by atoms with Crippen LogP contribution in [0.3, 0.4) is 0 Å². The van der Waals surface area contributed by atoms with Gasteiger partial charge in [0.15, 0.2) is 22.9 Å². The van der Waals surface area contributed by atoms with Crippen LogP contribution in [0.5, 0.6) is 5.75 Å². The Hall–Kier alpha value is -3.58. The fraction of sp³-hybridized carbons (Fsp3) is 0.0500. The molecular formula is C20H14ClN3O4. The highest BCUT2D eigenvalue weighted by molar-refractivity contribution is 6.33. The van der Waals surface area contributed by atoms with Crippen LogP contribution in [0.2, 0.25) is 5.02 Å². The van der Waals surface area contributed by atoms with Crippen LogP contribution in [-0.2, 0) is 4.74 Å². The number of furan rings is 1. The number of nitrogens with one attached hydrogen (secondary N) is 1. The first-order valence-electron chi connectivity index (χ1n) is 8.25. The molecule has 1 aliphatic heterocycles. The number of carbonyl (C=O) groups is 1. The third-order valence-corrected chi connectivity index (χ3v) is 4.46. The standard InChI is InChI=1S/C20H14ClN3O4/c1-27-20(26)16-17(25)15(9-11-10-23-18-12(11)5-4-8-22-18)28-19(16)24-14-7-3-2-6-13(14)21/h2-10,24-25H,1H3/b11-9+. The van der Waals surface area contributed by atoms with E-state index in [2.05, 4.69) is 15.3 Å². The number of pyridine rings is 1. The van der Waals surface area contributed by atoms with Crippen molar-refractivity contribution in [2.24, 2.45) is 4.99 Å². The maximum Gasteiger partial charge on any atom is 0.347 e. The predicted molar refractivity (Wildman–Crippen MR) is 107 cm³/mol. The molecule has 28 heavy (non-hydrogen) atoms. The summed E-state index contributed by atoms with van der Waals surface area (Å²) >= 11 is 6.16. The van der Waals surface area contributed by atoms with Crippen molar-refractivity contribution in [1.29, 1.82) is 0 Å². The number of nitrogens with zero attached hydrogens (tertiary/aromatic N) is 2. The van der Waals surface area contributed by atoms with Gasteiger partial charge in [0.1, 0.15) is 0 Å². The SMILES string of the molecule is COC(=O)c1c(Nc2ccccc2Cl)oc(/C=C2\C=Nc3ncccc32)c1O. The van der Waals surface area contributed by atoms with Gasteiger partial charge in [0, 0.05) is 23.5 Å². The quantitative estimate of drug-likeness (QED) is 0.614. The summed E-state index contributed by atoms with van der Waals surface area (Å²) in [7, 11) is 1.22. The number of allylic oxidation sites excluding steroid dienone is 1. The second-order valence-electron chi connectivity index (χ2n) is 5.85. The van der Waals surface area contributed by atoms with E-state index in [0.29, 0.717) is 22.1 Å². The molecule has 1 aromatic carbocycles. The lowest BCUT2D eigenvalue weighted by Crippen LogP contribution is -2.03. The number of para-hydroxylation sites is 1. The van der Waals surface area contributed by atoms with E-state index in [-0.39, 0.29) is 23.0 Å². The van der Waals surface area contributed by atoms with Gasteiger partial charge in [-0.05, 0) is 30.3 Å². The number of esters is 1. The second-order valence-corrected chi connectivity index (χ2v) is 6.26. The van der Waals surface area contributed by atoms with Crippen molar-refractivity contribution in [2.75, 3.05) is 12.4 Å². The minimum absolute atomic E-state index is 0.0191. The molecule has 3 heterocycles. The van der Waals surface area contributed by atoms with Gasteiger partial charge in [-0.3, -0.25) is 0 Å². The summed E-state index contributed by atoms with van der Waals surface area (Å²) in [6.45, 7) is 0. The van der Waals surface area contributed by atoms with Crippen LogP contribution in [0.15, 0.2) is 52.0 Å². The maximum atomic E-state index is 12.2. The van der Waals surface area contributed by atoms with Crippen LogP contribution in [0, 0.1) is 0 Å². The number of aromatic nitrogens is 1. The number of fused-ring (bicyclic) bond motifs is 1. The Kier molecular flexibility index (Phi) is 4.58. The third-order valence-electron chi connectivity index (χ3n) is 4.13. The summed E-state index contributed by atoms with van der Waals surface area (Å²) in [6, 6.07) is 10.6. The molecule has 0 atom stereocenters. The maximum absolute atomic E-state index is 12.2. The van der Waals surface area contributed by atoms with Gasteiger partial charge in [-0.25, -0.2) is 14.8 Å². The number of aliphatic imine (C=N–C) groups is 1. The van der Waals surface area contributed by atoms with Crippen LogP contribution in [0.25, 0.3) is 11.6 Å². The topological polar surface area (TPSA) is 97.0 Å². The molecule has 140 valence electrons. The summed E-state index contributed by atoms with van der Waals surface area (Å²) < 4.78 is 10.5. The van der Waals surface area contributed by atoms with E-state index in [0.717, 1.165) is 5.56 Å². The molecule has 3 aromatic rings. The van der Waals surface area contributed by atoms with Crippen molar-refractivity contribution in [1.82, 2.24) is 4.98 Å². The van der Waals surface area contributed by atoms with E-state index in [1.807, 2.05) is 6.07 Å². The van der Waals surface area contributed by atoms with Crippen molar-refractivity contribution in [3.63, 3.8) is 0 Å². The number of ether oxygens (including phenoxy) is 1. The van der Waals surface area contributed by atoms with Crippen LogP contribution in [-0.4, -0.2) is 29.4 Å². The van der Waals surface area contributed by atoms with Crippen LogP contribution < -0.4 is 5.32 Å². The molecule has 0 saturated heterocycles. The van der Waals surface area contributed by atoms with Gasteiger partial charge in [-0.15, -0.1) is 0 Å². The van der Waals surface area contributed by atoms with Crippen molar-refractivity contribution in [3.05, 3.63) is 64.5 Å². The van der Waals surface area contributed by atoms with Gasteiger partial charge in [0.25, 0.3) is 0 Å². The van der Waals surface area contributed by atoms with E-state index >= 15 is 0 Å². The molecule has 0 amide bonds. The molecule has 0 aliphatic carbocycles. The Morgan fingerprint density at radius 3 is 2.89 bits per heavy atom. The summed E-state index contributed by atoms with van der Waals surface area (Å²) in [5.41, 5.74) is 1.86. The summed E-state index contributed by atoms with van der Waals surface area (Å²) in [4.78, 5) is 20.6. The van der Waals surface area contributed by atoms with Gasteiger partial charge < -0.3 is 19.6 Å². The zero-order chi connectivity index (χ0) is 19.7. The number of hydrogen-bond acceptors (Lipinski definition) is 7. The third kappa shape index (κ3) is 3.12. The number of methoxy groups -OCH3 is 1. The van der Waals surface area contributed by atoms with E-state index in [1.54, 1.807) is 48.8 Å². The van der Waals surface area contributed by atoms with Gasteiger partial charge in [0.2, 0.25) is 5.88 Å². The minimum Gasteiger partial charge on any atom is -0.504 e. The largest absolute Gasteiger partial charge is 0.504 e. The highest BCUT2D eigenvalue weighted by Crippen LogP contribution is 2.40. The number of halogens is 1. The average Bonchev–Trinajstić information content (AvgIpc) is 3.25. The minimum atomic E-state index is -0.748. The molecule has 4 rings (SSSR count). The number of benzene rings is 1. The molecule has 0 spiro atoms. The smallest absolute Gasteiger partial charge is 0.347 e. The van der Waals surface area contributed by atoms with E-state index in [4.69, 9.17) is 20.8 Å². The number of aromatic hydroxyl groups is 1. The van der Waals surface area contributed by atoms with E-state index in [9.17, 15) is 9.90 Å². The Morgan fingerprint density at radius 2 is 2.11 bits per heavy atom. The molecule has 2 N–H and O–H groups in total. The first-order chi connectivity index (χ1) is 13.6. The van der Waals surface area contributed by atoms with Gasteiger partial charge in [-0.2, -0.15) is 0 Å². The number of rotatable bonds is 4. The lowest BCUT2D eigenvalue weighted by Gasteiger charge is -2.06. The van der Waals surface area contributed by atoms with Gasteiger partial charge in [-0.1, -0.05) is 23.7 Å². The average molecular weight is 396 g/mol. The first-order valence-corrected chi connectivity index (χ1v) is 8.63. The van der Waals surface area contributed by atoms with E-state index < -0.39 is 5.97 Å². The predicted octanol–water partition coefficient (Wildman–Crippen LogP) is 4.82. The number of anilines is 2. The Labute approximate surface area is 165 Å². The van der Waals surface area contributed by atoms with Crippen molar-refractivity contribution in [2.45, 2.75) is 0 Å². The molecule has 0 bridgehead atoms. The second kappa shape index (κ2) is 7.21. The number of hydrogen-bond donors (Lipinski definition) is 2. The summed E-state index contributed by atoms with van der Waals surface area (Å²) in [6.07, 6.45) is 4.83. The lowest BCUT2D eigenvalue weighted by atomic mass is 10.1. The highest BCUT2D eigenvalue weighted by atomic mass is 35.5. The molecule has 0 unspecified atom stereocenters. The molecule has 0 radical (unpaired) electrons. The zero-order valence-electron chi connectivity index (χ0n) is 14.6. The van der Waals surface area contributed by atoms with E-state index in [1.165, 1.54) is 7.11 Å². The van der Waals surface area contributed by atoms with Crippen molar-refractivity contribution < 1.29 is 19.1 Å². The fourth-order valence-electron chi connectivity index (χ4n) is 2.78. The molecule has 2 aromatic heterocycles. The van der Waals surface area contributed by atoms with Gasteiger partial charge >= 0.3 is 5.97 Å². The molecule has 7 nitrogen and oxygen atoms in total. The normalized spacial score (nSPS) is 13.6. The van der Waals surface area contributed by atoms with Crippen LogP contribution in [0.4, 0.5) is 17.4 Å². The fourth-order valence-corrected chi connectivity index (χ4v) is 2.97. The van der Waals surface area contributed by atoms with Crippen molar-refractivity contribution >= 4 is 52.8 Å².